The number of rotatable bonds is 3. The van der Waals surface area contributed by atoms with Crippen molar-refractivity contribution in [3.63, 3.8) is 0 Å². The maximum atomic E-state index is 15.0. The third-order valence-corrected chi connectivity index (χ3v) is 4.72. The van der Waals surface area contributed by atoms with Crippen LogP contribution >= 0.6 is 0 Å². The molecule has 0 radical (unpaired) electrons. The molecule has 154 valence electrons. The molecule has 2 aromatic heterocycles. The van der Waals surface area contributed by atoms with Crippen molar-refractivity contribution < 1.29 is 17.9 Å². The maximum absolute atomic E-state index is 15.0. The number of hydrogen-bond acceptors (Lipinski definition) is 5. The first-order valence-electron chi connectivity index (χ1n) is 8.97. The number of nitriles is 1. The molecule has 0 unspecified atom stereocenters. The Morgan fingerprint density at radius 2 is 2.06 bits per heavy atom. The van der Waals surface area contributed by atoms with Crippen molar-refractivity contribution in [2.45, 2.75) is 6.61 Å². The minimum Gasteiger partial charge on any atom is -0.485 e. The van der Waals surface area contributed by atoms with Gasteiger partial charge in [-0.15, -0.1) is 0 Å². The van der Waals surface area contributed by atoms with Crippen molar-refractivity contribution in [3.8, 4) is 34.2 Å². The fourth-order valence-corrected chi connectivity index (χ4v) is 3.37. The van der Waals surface area contributed by atoms with Crippen molar-refractivity contribution in [1.82, 2.24) is 9.55 Å². The molecule has 1 aromatic carbocycles. The summed E-state index contributed by atoms with van der Waals surface area (Å²) in [5, 5.41) is 9.39. The molecule has 0 fully saturated rings. The first-order chi connectivity index (χ1) is 15.0. The fourth-order valence-electron chi connectivity index (χ4n) is 3.37. The molecular formula is C22H13F3N4O2. The lowest BCUT2D eigenvalue weighted by atomic mass is 9.96. The van der Waals surface area contributed by atoms with Gasteiger partial charge in [-0.2, -0.15) is 9.65 Å². The van der Waals surface area contributed by atoms with Crippen LogP contribution in [0.3, 0.4) is 0 Å². The Kier molecular flexibility index (Phi) is 5.05. The molecule has 6 nitrogen and oxygen atoms in total. The number of halogens is 3. The number of nitrogens with zero attached hydrogens (tertiary/aromatic N) is 3. The van der Waals surface area contributed by atoms with Gasteiger partial charge in [0.1, 0.15) is 35.8 Å². The SMILES string of the molecule is N#Cc1c(F)cccc1-c1cc2c(n(/C(F)=C/C=C\N)c1=O)COc1cc(F)cnc1-2. The van der Waals surface area contributed by atoms with Crippen molar-refractivity contribution in [1.29, 1.82) is 5.26 Å². The molecule has 0 saturated carbocycles. The summed E-state index contributed by atoms with van der Waals surface area (Å²) < 4.78 is 49.0. The minimum absolute atomic E-state index is 0.0126. The van der Waals surface area contributed by atoms with Crippen molar-refractivity contribution in [2.75, 3.05) is 0 Å². The number of hydrogen-bond donors (Lipinski definition) is 1. The van der Waals surface area contributed by atoms with Crippen molar-refractivity contribution in [2.24, 2.45) is 5.73 Å². The maximum Gasteiger partial charge on any atom is 0.265 e. The van der Waals surface area contributed by atoms with E-state index in [9.17, 15) is 18.8 Å². The smallest absolute Gasteiger partial charge is 0.265 e. The quantitative estimate of drug-likeness (QED) is 0.647. The van der Waals surface area contributed by atoms with Crippen LogP contribution in [0.25, 0.3) is 28.3 Å². The van der Waals surface area contributed by atoms with Crippen LogP contribution in [-0.4, -0.2) is 9.55 Å². The highest BCUT2D eigenvalue weighted by atomic mass is 19.1. The molecule has 0 spiro atoms. The molecule has 2 N–H and O–H groups in total. The van der Waals surface area contributed by atoms with Gasteiger partial charge < -0.3 is 10.5 Å². The average molecular weight is 422 g/mol. The Hall–Kier alpha value is -4.32. The first kappa shape index (κ1) is 20.0. The van der Waals surface area contributed by atoms with E-state index in [0.717, 1.165) is 35.2 Å². The van der Waals surface area contributed by atoms with E-state index in [1.807, 2.05) is 0 Å². The van der Waals surface area contributed by atoms with E-state index in [2.05, 4.69) is 4.98 Å². The van der Waals surface area contributed by atoms with Crippen LogP contribution in [0.5, 0.6) is 5.75 Å². The number of allylic oxidation sites excluding steroid dienone is 2. The van der Waals surface area contributed by atoms with E-state index >= 15 is 4.39 Å². The summed E-state index contributed by atoms with van der Waals surface area (Å²) in [4.78, 5) is 17.3. The van der Waals surface area contributed by atoms with Gasteiger partial charge in [-0.3, -0.25) is 9.36 Å². The molecule has 0 saturated heterocycles. The molecule has 31 heavy (non-hydrogen) atoms. The molecule has 1 aliphatic rings. The van der Waals surface area contributed by atoms with E-state index in [1.54, 1.807) is 6.07 Å². The van der Waals surface area contributed by atoms with Crippen LogP contribution < -0.4 is 16.0 Å². The Balaban J connectivity index is 2.11. The first-order valence-corrected chi connectivity index (χ1v) is 8.97. The second-order valence-electron chi connectivity index (χ2n) is 6.50. The summed E-state index contributed by atoms with van der Waals surface area (Å²) in [5.74, 6) is -2.33. The normalized spacial score (nSPS) is 12.8. The van der Waals surface area contributed by atoms with Crippen LogP contribution in [0, 0.1) is 23.0 Å². The lowest BCUT2D eigenvalue weighted by Crippen LogP contribution is -2.27. The van der Waals surface area contributed by atoms with Gasteiger partial charge in [0.05, 0.1) is 17.5 Å². The van der Waals surface area contributed by atoms with Crippen molar-refractivity contribution >= 4 is 5.95 Å². The number of ether oxygens (including phenoxy) is 1. The van der Waals surface area contributed by atoms with Gasteiger partial charge in [-0.1, -0.05) is 12.1 Å². The molecule has 0 aliphatic carbocycles. The predicted molar refractivity (Wildman–Crippen MR) is 107 cm³/mol. The van der Waals surface area contributed by atoms with Gasteiger partial charge in [0.25, 0.3) is 5.56 Å². The minimum atomic E-state index is -0.978. The van der Waals surface area contributed by atoms with Gasteiger partial charge in [0.2, 0.25) is 5.95 Å². The van der Waals surface area contributed by atoms with Gasteiger partial charge >= 0.3 is 0 Å². The van der Waals surface area contributed by atoms with Crippen LogP contribution in [0.1, 0.15) is 11.3 Å². The Bertz CT molecular complexity index is 1370. The standard InChI is InChI=1S/C22H13F3N4O2/c23-12-7-19-21(28-10-12)15-8-14(13-3-1-4-17(24)16(13)9-27)22(30)29(18(15)11-31-19)20(25)5-2-6-26/h1-8,10H,11,26H2/b6-2-,20-5+. The monoisotopic (exact) mass is 422 g/mol. The predicted octanol–water partition coefficient (Wildman–Crippen LogP) is 3.86. The number of pyridine rings is 2. The number of nitrogens with two attached hydrogens (primary N) is 1. The summed E-state index contributed by atoms with van der Waals surface area (Å²) in [5.41, 5.74) is 4.49. The molecule has 9 heteroatoms. The highest BCUT2D eigenvalue weighted by Gasteiger charge is 2.27. The van der Waals surface area contributed by atoms with E-state index < -0.39 is 23.1 Å². The van der Waals surface area contributed by atoms with Crippen LogP contribution in [0.15, 0.2) is 59.7 Å². The van der Waals surface area contributed by atoms with E-state index in [1.165, 1.54) is 24.3 Å². The molecule has 3 aromatic rings. The summed E-state index contributed by atoms with van der Waals surface area (Å²) in [6.45, 7) is -0.245. The van der Waals surface area contributed by atoms with Crippen LogP contribution in [-0.2, 0) is 6.61 Å². The van der Waals surface area contributed by atoms with Crippen molar-refractivity contribution in [3.05, 3.63) is 88.1 Å². The zero-order valence-corrected chi connectivity index (χ0v) is 15.8. The molecular weight excluding hydrogens is 409 g/mol. The average Bonchev–Trinajstić information content (AvgIpc) is 2.76. The molecule has 1 aliphatic heterocycles. The Morgan fingerprint density at radius 3 is 2.81 bits per heavy atom. The van der Waals surface area contributed by atoms with Gasteiger partial charge in [0.15, 0.2) is 0 Å². The molecule has 3 heterocycles. The largest absolute Gasteiger partial charge is 0.485 e. The second kappa shape index (κ2) is 7.84. The third kappa shape index (κ3) is 3.34. The van der Waals surface area contributed by atoms with E-state index in [4.69, 9.17) is 10.5 Å². The molecule has 0 atom stereocenters. The van der Waals surface area contributed by atoms with Crippen LogP contribution in [0.4, 0.5) is 13.2 Å². The zero-order chi connectivity index (χ0) is 22.1. The molecule has 0 amide bonds. The summed E-state index contributed by atoms with van der Waals surface area (Å²) in [6.07, 6.45) is 4.20. The number of aromatic nitrogens is 2. The Morgan fingerprint density at radius 1 is 1.26 bits per heavy atom. The highest BCUT2D eigenvalue weighted by Crippen LogP contribution is 2.38. The highest BCUT2D eigenvalue weighted by molar-refractivity contribution is 5.79. The van der Waals surface area contributed by atoms with Gasteiger partial charge in [-0.25, -0.2) is 13.8 Å². The second-order valence-corrected chi connectivity index (χ2v) is 6.50. The van der Waals surface area contributed by atoms with Gasteiger partial charge in [-0.05, 0) is 30.5 Å². The Labute approximate surface area is 174 Å². The lowest BCUT2D eigenvalue weighted by Gasteiger charge is -2.24. The summed E-state index contributed by atoms with van der Waals surface area (Å²) >= 11 is 0. The van der Waals surface area contributed by atoms with Crippen LogP contribution in [0.2, 0.25) is 0 Å². The number of benzene rings is 1. The van der Waals surface area contributed by atoms with Gasteiger partial charge in [0, 0.05) is 22.8 Å². The fraction of sp³-hybridized carbons (Fsp3) is 0.0455. The number of fused-ring (bicyclic) bond motifs is 3. The van der Waals surface area contributed by atoms with E-state index in [-0.39, 0.29) is 46.0 Å². The summed E-state index contributed by atoms with van der Waals surface area (Å²) in [6, 6.07) is 8.03. The van der Waals surface area contributed by atoms with E-state index in [0.29, 0.717) is 0 Å². The molecule has 0 bridgehead atoms. The lowest BCUT2D eigenvalue weighted by molar-refractivity contribution is 0.289. The zero-order valence-electron chi connectivity index (χ0n) is 15.8. The molecule has 4 rings (SSSR count). The topological polar surface area (TPSA) is 93.9 Å². The summed E-state index contributed by atoms with van der Waals surface area (Å²) in [7, 11) is 0. The third-order valence-electron chi connectivity index (χ3n) is 4.72.